The molecule has 2 rings (SSSR count). The largest absolute Gasteiger partial charge is 0.493 e. The zero-order valence-electron chi connectivity index (χ0n) is 15.2. The molecule has 0 spiro atoms. The first-order valence-electron chi connectivity index (χ1n) is 8.29. The highest BCUT2D eigenvalue weighted by atomic mass is 16.5. The Morgan fingerprint density at radius 3 is 2.27 bits per heavy atom. The number of hydrogen-bond donors (Lipinski definition) is 0. The van der Waals surface area contributed by atoms with Crippen LogP contribution in [0.5, 0.6) is 11.5 Å². The molecular weight excluding hydrogens is 334 g/mol. The molecule has 26 heavy (non-hydrogen) atoms. The fourth-order valence-corrected chi connectivity index (χ4v) is 2.45. The van der Waals surface area contributed by atoms with Crippen LogP contribution in [-0.4, -0.2) is 44.1 Å². The van der Waals surface area contributed by atoms with Crippen LogP contribution in [-0.2, 0) is 16.1 Å². The van der Waals surface area contributed by atoms with E-state index in [1.165, 1.54) is 20.3 Å². The summed E-state index contributed by atoms with van der Waals surface area (Å²) in [6, 6.07) is 14.4. The van der Waals surface area contributed by atoms with E-state index >= 15 is 0 Å². The van der Waals surface area contributed by atoms with E-state index in [1.54, 1.807) is 17.0 Å². The van der Waals surface area contributed by atoms with Crippen molar-refractivity contribution in [1.82, 2.24) is 4.90 Å². The summed E-state index contributed by atoms with van der Waals surface area (Å²) in [5.74, 6) is 0.105. The second-order valence-electron chi connectivity index (χ2n) is 5.54. The van der Waals surface area contributed by atoms with Crippen LogP contribution in [0, 0.1) is 0 Å². The molecule has 6 nitrogen and oxygen atoms in total. The second kappa shape index (κ2) is 9.46. The van der Waals surface area contributed by atoms with Gasteiger partial charge in [0.1, 0.15) is 0 Å². The average molecular weight is 357 g/mol. The van der Waals surface area contributed by atoms with Gasteiger partial charge >= 0.3 is 5.97 Å². The van der Waals surface area contributed by atoms with Crippen LogP contribution in [0.4, 0.5) is 0 Å². The zero-order chi connectivity index (χ0) is 18.9. The van der Waals surface area contributed by atoms with Gasteiger partial charge in [0.15, 0.2) is 18.1 Å². The summed E-state index contributed by atoms with van der Waals surface area (Å²) in [5, 5.41) is 0. The SMILES string of the molecule is CCN(Cc1ccccc1)C(=O)COC(=O)c1ccc(OC)c(OC)c1. The van der Waals surface area contributed by atoms with Gasteiger partial charge in [-0.2, -0.15) is 0 Å². The van der Waals surface area contributed by atoms with Crippen LogP contribution in [0.1, 0.15) is 22.8 Å². The van der Waals surface area contributed by atoms with E-state index in [2.05, 4.69) is 0 Å². The van der Waals surface area contributed by atoms with Gasteiger partial charge in [-0.05, 0) is 30.7 Å². The Bertz CT molecular complexity index is 745. The molecule has 2 aromatic rings. The molecule has 0 fully saturated rings. The molecule has 0 aliphatic rings. The molecule has 0 bridgehead atoms. The van der Waals surface area contributed by atoms with Gasteiger partial charge in [0.05, 0.1) is 19.8 Å². The van der Waals surface area contributed by atoms with Crippen LogP contribution in [0.25, 0.3) is 0 Å². The molecule has 0 unspecified atom stereocenters. The summed E-state index contributed by atoms with van der Waals surface area (Å²) >= 11 is 0. The van der Waals surface area contributed by atoms with E-state index < -0.39 is 5.97 Å². The summed E-state index contributed by atoms with van der Waals surface area (Å²) < 4.78 is 15.5. The van der Waals surface area contributed by atoms with Gasteiger partial charge < -0.3 is 19.1 Å². The van der Waals surface area contributed by atoms with Crippen LogP contribution in [0.15, 0.2) is 48.5 Å². The number of amides is 1. The van der Waals surface area contributed by atoms with Gasteiger partial charge in [-0.15, -0.1) is 0 Å². The minimum atomic E-state index is -0.588. The highest BCUT2D eigenvalue weighted by Gasteiger charge is 2.17. The van der Waals surface area contributed by atoms with Crippen LogP contribution in [0.2, 0.25) is 0 Å². The first-order chi connectivity index (χ1) is 12.6. The lowest BCUT2D eigenvalue weighted by molar-refractivity contribution is -0.134. The van der Waals surface area contributed by atoms with Crippen molar-refractivity contribution in [2.75, 3.05) is 27.4 Å². The molecule has 1 amide bonds. The number of methoxy groups -OCH3 is 2. The minimum Gasteiger partial charge on any atom is -0.493 e. The smallest absolute Gasteiger partial charge is 0.338 e. The van der Waals surface area contributed by atoms with Gasteiger partial charge in [-0.1, -0.05) is 30.3 Å². The Morgan fingerprint density at radius 1 is 0.962 bits per heavy atom. The first kappa shape index (κ1) is 19.3. The standard InChI is InChI=1S/C20H23NO5/c1-4-21(13-15-8-6-5-7-9-15)19(22)14-26-20(23)16-10-11-17(24-2)18(12-16)25-3/h5-12H,4,13-14H2,1-3H3. The highest BCUT2D eigenvalue weighted by molar-refractivity contribution is 5.92. The number of rotatable bonds is 8. The normalized spacial score (nSPS) is 10.1. The summed E-state index contributed by atoms with van der Waals surface area (Å²) in [7, 11) is 3.00. The van der Waals surface area contributed by atoms with Crippen molar-refractivity contribution < 1.29 is 23.8 Å². The summed E-state index contributed by atoms with van der Waals surface area (Å²) in [4.78, 5) is 26.2. The number of carbonyl (C=O) groups excluding carboxylic acids is 2. The molecule has 0 radical (unpaired) electrons. The molecular formula is C20H23NO5. The number of likely N-dealkylation sites (N-methyl/N-ethyl adjacent to an activating group) is 1. The number of nitrogens with zero attached hydrogens (tertiary/aromatic N) is 1. The third-order valence-electron chi connectivity index (χ3n) is 3.90. The molecule has 0 saturated heterocycles. The molecule has 0 N–H and O–H groups in total. The minimum absolute atomic E-state index is 0.245. The Balaban J connectivity index is 1.96. The predicted octanol–water partition coefficient (Wildman–Crippen LogP) is 2.91. The third kappa shape index (κ3) is 4.99. The van der Waals surface area contributed by atoms with E-state index in [1.807, 2.05) is 37.3 Å². The number of esters is 1. The fourth-order valence-electron chi connectivity index (χ4n) is 2.45. The van der Waals surface area contributed by atoms with Gasteiger partial charge in [0, 0.05) is 13.1 Å². The number of benzene rings is 2. The van der Waals surface area contributed by atoms with Crippen molar-refractivity contribution in [3.63, 3.8) is 0 Å². The van der Waals surface area contributed by atoms with Crippen molar-refractivity contribution in [3.8, 4) is 11.5 Å². The lowest BCUT2D eigenvalue weighted by Crippen LogP contribution is -2.34. The predicted molar refractivity (Wildman–Crippen MR) is 97.4 cm³/mol. The van der Waals surface area contributed by atoms with Gasteiger partial charge in [0.25, 0.3) is 5.91 Å². The van der Waals surface area contributed by atoms with Gasteiger partial charge in [-0.3, -0.25) is 4.79 Å². The maximum absolute atomic E-state index is 12.3. The van der Waals surface area contributed by atoms with Gasteiger partial charge in [0.2, 0.25) is 0 Å². The van der Waals surface area contributed by atoms with Crippen molar-refractivity contribution in [2.24, 2.45) is 0 Å². The van der Waals surface area contributed by atoms with Crippen molar-refractivity contribution >= 4 is 11.9 Å². The molecule has 0 heterocycles. The van der Waals surface area contributed by atoms with Crippen LogP contribution >= 0.6 is 0 Å². The quantitative estimate of drug-likeness (QED) is 0.680. The molecule has 0 saturated carbocycles. The zero-order valence-corrected chi connectivity index (χ0v) is 15.2. The van der Waals surface area contributed by atoms with E-state index in [-0.39, 0.29) is 12.5 Å². The highest BCUT2D eigenvalue weighted by Crippen LogP contribution is 2.27. The molecule has 2 aromatic carbocycles. The number of hydrogen-bond acceptors (Lipinski definition) is 5. The Labute approximate surface area is 153 Å². The fraction of sp³-hybridized carbons (Fsp3) is 0.300. The maximum Gasteiger partial charge on any atom is 0.338 e. The summed E-state index contributed by atoms with van der Waals surface area (Å²) in [5.41, 5.74) is 1.32. The van der Waals surface area contributed by atoms with Crippen LogP contribution < -0.4 is 9.47 Å². The van der Waals surface area contributed by atoms with E-state index in [0.29, 0.717) is 30.2 Å². The summed E-state index contributed by atoms with van der Waals surface area (Å²) in [6.45, 7) is 2.58. The van der Waals surface area contributed by atoms with Crippen LogP contribution in [0.3, 0.4) is 0 Å². The first-order valence-corrected chi connectivity index (χ1v) is 8.29. The third-order valence-corrected chi connectivity index (χ3v) is 3.90. The van der Waals surface area contributed by atoms with E-state index in [0.717, 1.165) is 5.56 Å². The second-order valence-corrected chi connectivity index (χ2v) is 5.54. The Morgan fingerprint density at radius 2 is 1.65 bits per heavy atom. The molecule has 0 aromatic heterocycles. The number of ether oxygens (including phenoxy) is 3. The lowest BCUT2D eigenvalue weighted by Gasteiger charge is -2.21. The molecule has 138 valence electrons. The molecule has 6 heteroatoms. The van der Waals surface area contributed by atoms with Crippen molar-refractivity contribution in [3.05, 3.63) is 59.7 Å². The van der Waals surface area contributed by atoms with E-state index in [4.69, 9.17) is 14.2 Å². The Kier molecular flexibility index (Phi) is 7.02. The summed E-state index contributed by atoms with van der Waals surface area (Å²) in [6.07, 6.45) is 0. The topological polar surface area (TPSA) is 65.1 Å². The van der Waals surface area contributed by atoms with E-state index in [9.17, 15) is 9.59 Å². The average Bonchev–Trinajstić information content (AvgIpc) is 2.70. The number of carbonyl (C=O) groups is 2. The maximum atomic E-state index is 12.3. The molecule has 0 atom stereocenters. The molecule has 0 aliphatic heterocycles. The van der Waals surface area contributed by atoms with Gasteiger partial charge in [-0.25, -0.2) is 4.79 Å². The molecule has 0 aliphatic carbocycles. The monoisotopic (exact) mass is 357 g/mol. The van der Waals surface area contributed by atoms with Crippen molar-refractivity contribution in [2.45, 2.75) is 13.5 Å². The van der Waals surface area contributed by atoms with Crippen molar-refractivity contribution in [1.29, 1.82) is 0 Å². The lowest BCUT2D eigenvalue weighted by atomic mass is 10.2. The Hall–Kier alpha value is -3.02.